The Balaban J connectivity index is 0.00000187. The highest BCUT2D eigenvalue weighted by Crippen LogP contribution is 2.37. The van der Waals surface area contributed by atoms with E-state index in [2.05, 4.69) is 20.2 Å². The monoisotopic (exact) mass is 644 g/mol. The Morgan fingerprint density at radius 2 is 1.60 bits per heavy atom. The van der Waals surface area contributed by atoms with E-state index in [0.717, 1.165) is 38.2 Å². The first-order valence-corrected chi connectivity index (χ1v) is 13.8. The van der Waals surface area contributed by atoms with Gasteiger partial charge in [-0.3, -0.25) is 5.10 Å². The summed E-state index contributed by atoms with van der Waals surface area (Å²) >= 11 is 1.19. The van der Waals surface area contributed by atoms with Crippen LogP contribution in [0.3, 0.4) is 0 Å². The Hall–Kier alpha value is -2.64. The normalized spacial score (nSPS) is 11.2. The minimum absolute atomic E-state index is 0. The lowest BCUT2D eigenvalue weighted by Gasteiger charge is -2.18. The van der Waals surface area contributed by atoms with Crippen LogP contribution in [0.5, 0.6) is 0 Å². The molecule has 0 bridgehead atoms. The molecule has 0 fully saturated rings. The molecule has 0 aliphatic rings. The molecule has 0 unspecified atom stereocenters. The number of H-pyrrole nitrogens is 1. The van der Waals surface area contributed by atoms with Gasteiger partial charge in [-0.1, -0.05) is 6.07 Å². The van der Waals surface area contributed by atoms with Crippen LogP contribution in [0.4, 0.5) is 4.39 Å². The van der Waals surface area contributed by atoms with Crippen molar-refractivity contribution in [1.29, 1.82) is 0 Å². The molecular weight excluding hydrogens is 618 g/mol. The summed E-state index contributed by atoms with van der Waals surface area (Å²) in [6.07, 6.45) is 3.21. The van der Waals surface area contributed by atoms with E-state index >= 15 is 0 Å². The average Bonchev–Trinajstić information content (AvgIpc) is 3.58. The van der Waals surface area contributed by atoms with Crippen molar-refractivity contribution in [3.8, 4) is 33.0 Å². The number of rotatable bonds is 8. The van der Waals surface area contributed by atoms with Crippen LogP contribution in [0.25, 0.3) is 43.9 Å². The molecule has 0 spiro atoms. The van der Waals surface area contributed by atoms with Crippen LogP contribution in [-0.2, 0) is 10.0 Å². The molecular formula is C26H28Cl3FN6O2S2. The zero-order valence-corrected chi connectivity index (χ0v) is 25.8. The molecule has 5 rings (SSSR count). The molecule has 0 saturated heterocycles. The topological polar surface area (TPSA) is 95.1 Å². The van der Waals surface area contributed by atoms with E-state index in [-0.39, 0.29) is 47.2 Å². The number of sulfonamides is 1. The fraction of sp³-hybridized carbons (Fsp3) is 0.192. The number of thiophene rings is 1. The Morgan fingerprint density at radius 3 is 2.30 bits per heavy atom. The van der Waals surface area contributed by atoms with Crippen LogP contribution < -0.4 is 0 Å². The van der Waals surface area contributed by atoms with Crippen molar-refractivity contribution < 1.29 is 12.8 Å². The van der Waals surface area contributed by atoms with Crippen LogP contribution in [0.1, 0.15) is 0 Å². The quantitative estimate of drug-likeness (QED) is 0.222. The largest absolute Gasteiger partial charge is 0.308 e. The predicted octanol–water partition coefficient (Wildman–Crippen LogP) is 6.00. The highest BCUT2D eigenvalue weighted by Gasteiger charge is 2.24. The van der Waals surface area contributed by atoms with Gasteiger partial charge in [0.25, 0.3) is 10.0 Å². The van der Waals surface area contributed by atoms with Crippen LogP contribution in [0.15, 0.2) is 71.3 Å². The minimum Gasteiger partial charge on any atom is -0.308 e. The first-order chi connectivity index (χ1) is 17.7. The molecule has 1 N–H and O–H groups in total. The molecule has 3 aromatic heterocycles. The summed E-state index contributed by atoms with van der Waals surface area (Å²) in [5.74, 6) is -0.307. The summed E-state index contributed by atoms with van der Waals surface area (Å²) in [5.41, 5.74) is 4.69. The minimum atomic E-state index is -3.62. The lowest BCUT2D eigenvalue weighted by Crippen LogP contribution is -2.33. The number of halogens is 4. The van der Waals surface area contributed by atoms with Gasteiger partial charge in [0.05, 0.1) is 28.0 Å². The van der Waals surface area contributed by atoms with Crippen molar-refractivity contribution in [2.75, 3.05) is 34.2 Å². The number of nitrogens with one attached hydrogen (secondary N) is 1. The Morgan fingerprint density at radius 1 is 0.900 bits per heavy atom. The zero-order valence-electron chi connectivity index (χ0n) is 21.7. The van der Waals surface area contributed by atoms with E-state index in [1.807, 2.05) is 37.2 Å². The van der Waals surface area contributed by atoms with E-state index in [0.29, 0.717) is 18.8 Å². The number of hydrogen-bond acceptors (Lipinski definition) is 7. The highest BCUT2D eigenvalue weighted by molar-refractivity contribution is 7.91. The Labute approximate surface area is 254 Å². The van der Waals surface area contributed by atoms with E-state index in [4.69, 9.17) is 0 Å². The van der Waals surface area contributed by atoms with Crippen molar-refractivity contribution in [3.05, 3.63) is 72.9 Å². The van der Waals surface area contributed by atoms with Gasteiger partial charge >= 0.3 is 0 Å². The van der Waals surface area contributed by atoms with Crippen molar-refractivity contribution in [1.82, 2.24) is 29.4 Å². The van der Waals surface area contributed by atoms with Gasteiger partial charge in [-0.15, -0.1) is 48.6 Å². The maximum Gasteiger partial charge on any atom is 0.252 e. The number of likely N-dealkylation sites (N-methyl/N-ethyl adjacent to an activating group) is 2. The number of benzene rings is 2. The molecule has 8 nitrogen and oxygen atoms in total. The van der Waals surface area contributed by atoms with Crippen molar-refractivity contribution in [2.24, 2.45) is 0 Å². The van der Waals surface area contributed by atoms with Gasteiger partial charge in [-0.05, 0) is 68.2 Å². The van der Waals surface area contributed by atoms with Crippen LogP contribution in [0.2, 0.25) is 0 Å². The molecule has 40 heavy (non-hydrogen) atoms. The van der Waals surface area contributed by atoms with Crippen LogP contribution >= 0.6 is 48.6 Å². The van der Waals surface area contributed by atoms with Crippen LogP contribution in [0, 0.1) is 5.82 Å². The molecule has 0 aliphatic carbocycles. The molecule has 5 aromatic rings. The standard InChI is InChI=1S/C26H25FN6O2S2.3ClH/c1-32(2)12-13-33(3)37(34,35)24-11-10-23(36-24)26-20-14-18(6-9-22(20)28-16-29-26)21-15-30-31-25(21)17-4-7-19(27)8-5-17;;;/h4-11,14-16H,12-13H2,1-3H3,(H,30,31);3*1H. The predicted molar refractivity (Wildman–Crippen MR) is 166 cm³/mol. The first-order valence-electron chi connectivity index (χ1n) is 11.5. The van der Waals surface area contributed by atoms with Crippen molar-refractivity contribution in [2.45, 2.75) is 4.21 Å². The summed E-state index contributed by atoms with van der Waals surface area (Å²) in [7, 11) is 1.79. The van der Waals surface area contributed by atoms with E-state index in [1.165, 1.54) is 34.1 Å². The van der Waals surface area contributed by atoms with Gasteiger partial charge in [0.15, 0.2) is 0 Å². The third-order valence-corrected chi connectivity index (χ3v) is 9.48. The van der Waals surface area contributed by atoms with Gasteiger partial charge < -0.3 is 4.90 Å². The van der Waals surface area contributed by atoms with Crippen LogP contribution in [-0.4, -0.2) is 72.0 Å². The molecule has 0 atom stereocenters. The Bertz CT molecular complexity index is 1680. The molecule has 214 valence electrons. The smallest absolute Gasteiger partial charge is 0.252 e. The van der Waals surface area contributed by atoms with Crippen molar-refractivity contribution >= 4 is 69.5 Å². The summed E-state index contributed by atoms with van der Waals surface area (Å²) < 4.78 is 41.3. The maximum atomic E-state index is 13.4. The second-order valence-electron chi connectivity index (χ2n) is 8.87. The fourth-order valence-electron chi connectivity index (χ4n) is 3.96. The van der Waals surface area contributed by atoms with Gasteiger partial charge in [-0.2, -0.15) is 9.40 Å². The van der Waals surface area contributed by atoms with Gasteiger partial charge in [0.2, 0.25) is 0 Å². The molecule has 0 amide bonds. The van der Waals surface area contributed by atoms with E-state index in [1.54, 1.807) is 37.5 Å². The number of nitrogens with zero attached hydrogens (tertiary/aromatic N) is 5. The molecule has 0 saturated carbocycles. The summed E-state index contributed by atoms with van der Waals surface area (Å²) in [4.78, 5) is 11.6. The van der Waals surface area contributed by atoms with Gasteiger partial charge in [-0.25, -0.2) is 22.8 Å². The van der Waals surface area contributed by atoms with E-state index < -0.39 is 10.0 Å². The number of aromatic amines is 1. The molecule has 0 aliphatic heterocycles. The zero-order chi connectivity index (χ0) is 26.2. The second kappa shape index (κ2) is 13.8. The third-order valence-electron chi connectivity index (χ3n) is 6.06. The summed E-state index contributed by atoms with van der Waals surface area (Å²) in [6, 6.07) is 15.4. The van der Waals surface area contributed by atoms with Gasteiger partial charge in [0, 0.05) is 36.7 Å². The number of aromatic nitrogens is 4. The SMILES string of the molecule is CN(C)CCN(C)S(=O)(=O)c1ccc(-c2ncnc3ccc(-c4cn[nH]c4-c4ccc(F)cc4)cc23)s1.Cl.Cl.Cl. The summed E-state index contributed by atoms with van der Waals surface area (Å²) in [5, 5.41) is 8.00. The second-order valence-corrected chi connectivity index (χ2v) is 12.2. The molecule has 2 aromatic carbocycles. The summed E-state index contributed by atoms with van der Waals surface area (Å²) in [6.45, 7) is 1.02. The average molecular weight is 646 g/mol. The molecule has 14 heteroatoms. The Kier molecular flexibility index (Phi) is 11.6. The maximum absolute atomic E-state index is 13.4. The highest BCUT2D eigenvalue weighted by atomic mass is 35.5. The number of hydrogen-bond donors (Lipinski definition) is 1. The third kappa shape index (κ3) is 6.80. The van der Waals surface area contributed by atoms with Crippen molar-refractivity contribution in [3.63, 3.8) is 0 Å². The van der Waals surface area contributed by atoms with Gasteiger partial charge in [0.1, 0.15) is 16.4 Å². The molecule has 0 radical (unpaired) electrons. The van der Waals surface area contributed by atoms with E-state index in [9.17, 15) is 12.8 Å². The molecule has 3 heterocycles. The fourth-order valence-corrected chi connectivity index (χ4v) is 6.65. The first kappa shape index (κ1) is 33.6. The number of fused-ring (bicyclic) bond motifs is 1. The lowest BCUT2D eigenvalue weighted by atomic mass is 9.99. The lowest BCUT2D eigenvalue weighted by molar-refractivity contribution is 0.359.